The second-order valence-electron chi connectivity index (χ2n) is 8.17. The second kappa shape index (κ2) is 10.5. The molecule has 0 spiro atoms. The molecule has 1 fully saturated rings. The van der Waals surface area contributed by atoms with Crippen molar-refractivity contribution in [3.8, 4) is 17.1 Å². The molecular formula is C24H34N4O2. The molecule has 2 N–H and O–H groups in total. The molecule has 0 radical (unpaired) electrons. The first-order chi connectivity index (χ1) is 14.5. The maximum atomic E-state index is 9.89. The topological polar surface area (TPSA) is 70.5 Å². The van der Waals surface area contributed by atoms with Crippen LogP contribution in [0.15, 0.2) is 36.9 Å². The Morgan fingerprint density at radius 1 is 1.27 bits per heavy atom. The highest BCUT2D eigenvalue weighted by molar-refractivity contribution is 5.66. The third-order valence-corrected chi connectivity index (χ3v) is 5.61. The van der Waals surface area contributed by atoms with Gasteiger partial charge in [0.2, 0.25) is 0 Å². The van der Waals surface area contributed by atoms with E-state index in [-0.39, 0.29) is 6.61 Å². The summed E-state index contributed by atoms with van der Waals surface area (Å²) in [5.74, 6) is 2.28. The van der Waals surface area contributed by atoms with Crippen molar-refractivity contribution in [3.05, 3.63) is 42.6 Å². The van der Waals surface area contributed by atoms with Gasteiger partial charge in [-0.3, -0.25) is 0 Å². The number of ether oxygens (including phenoxy) is 1. The normalized spacial score (nSPS) is 15.6. The van der Waals surface area contributed by atoms with E-state index in [0.717, 1.165) is 22.6 Å². The van der Waals surface area contributed by atoms with E-state index in [0.29, 0.717) is 24.2 Å². The van der Waals surface area contributed by atoms with Crippen molar-refractivity contribution in [2.75, 3.05) is 32.1 Å². The molecule has 1 aliphatic carbocycles. The number of hydrogen-bond acceptors (Lipinski definition) is 6. The molecule has 1 aromatic carbocycles. The Labute approximate surface area is 180 Å². The molecule has 3 rings (SSSR count). The summed E-state index contributed by atoms with van der Waals surface area (Å²) in [6, 6.07) is 10.3. The van der Waals surface area contributed by atoms with Gasteiger partial charge in [-0.1, -0.05) is 38.0 Å². The monoisotopic (exact) mass is 410 g/mol. The number of benzene rings is 1. The average Bonchev–Trinajstić information content (AvgIpc) is 2.78. The van der Waals surface area contributed by atoms with E-state index in [9.17, 15) is 5.11 Å². The van der Waals surface area contributed by atoms with Gasteiger partial charge in [-0.25, -0.2) is 9.97 Å². The van der Waals surface area contributed by atoms with Crippen molar-refractivity contribution in [1.29, 1.82) is 0 Å². The number of likely N-dealkylation sites (N-methyl/N-ethyl adjacent to an activating group) is 1. The highest BCUT2D eigenvalue weighted by Gasteiger charge is 2.21. The lowest BCUT2D eigenvalue weighted by Gasteiger charge is -2.32. The number of anilines is 1. The third kappa shape index (κ3) is 5.80. The first-order valence-corrected chi connectivity index (χ1v) is 10.8. The molecule has 1 heterocycles. The molecule has 0 aliphatic heterocycles. The number of aliphatic hydroxyl groups excluding tert-OH is 1. The quantitative estimate of drug-likeness (QED) is 0.653. The van der Waals surface area contributed by atoms with Gasteiger partial charge in [0.15, 0.2) is 5.82 Å². The molecule has 0 saturated heterocycles. The molecule has 1 aliphatic rings. The number of aromatic nitrogens is 2. The molecule has 2 aromatic rings. The van der Waals surface area contributed by atoms with Gasteiger partial charge in [0.05, 0.1) is 5.69 Å². The molecule has 0 bridgehead atoms. The van der Waals surface area contributed by atoms with Crippen LogP contribution in [0, 0.1) is 0 Å². The van der Waals surface area contributed by atoms with Crippen LogP contribution in [0.25, 0.3) is 17.0 Å². The number of rotatable bonds is 9. The van der Waals surface area contributed by atoms with Gasteiger partial charge < -0.3 is 20.1 Å². The molecule has 1 saturated carbocycles. The zero-order valence-electron chi connectivity index (χ0n) is 18.4. The zero-order valence-corrected chi connectivity index (χ0v) is 18.4. The molecule has 6 heteroatoms. The number of nitrogens with zero attached hydrogens (tertiary/aromatic N) is 3. The van der Waals surface area contributed by atoms with Crippen molar-refractivity contribution in [2.45, 2.75) is 51.2 Å². The first kappa shape index (κ1) is 22.2. The van der Waals surface area contributed by atoms with E-state index < -0.39 is 6.10 Å². The van der Waals surface area contributed by atoms with Gasteiger partial charge in [0, 0.05) is 31.3 Å². The maximum Gasteiger partial charge on any atom is 0.162 e. The van der Waals surface area contributed by atoms with Crippen LogP contribution in [-0.4, -0.2) is 54.5 Å². The summed E-state index contributed by atoms with van der Waals surface area (Å²) >= 11 is 0. The fourth-order valence-corrected chi connectivity index (χ4v) is 3.83. The van der Waals surface area contributed by atoms with Gasteiger partial charge in [-0.15, -0.1) is 0 Å². The van der Waals surface area contributed by atoms with Crippen LogP contribution in [-0.2, 0) is 0 Å². The minimum atomic E-state index is -0.558. The Bertz CT molecular complexity index is 849. The molecule has 1 atom stereocenters. The first-order valence-electron chi connectivity index (χ1n) is 10.8. The van der Waals surface area contributed by atoms with E-state index in [1.54, 1.807) is 7.05 Å². The van der Waals surface area contributed by atoms with Crippen molar-refractivity contribution >= 4 is 11.4 Å². The van der Waals surface area contributed by atoms with E-state index in [1.807, 2.05) is 37.3 Å². The van der Waals surface area contributed by atoms with Crippen molar-refractivity contribution in [2.24, 2.45) is 0 Å². The SMILES string of the molecule is C=C(C)c1cc(N(C)C2CCCCC2)nc(-c2cccc(OCC(O)CNC)c2)n1. The lowest BCUT2D eigenvalue weighted by molar-refractivity contribution is 0.108. The third-order valence-electron chi connectivity index (χ3n) is 5.61. The van der Waals surface area contributed by atoms with Crippen molar-refractivity contribution in [3.63, 3.8) is 0 Å². The standard InChI is InChI=1S/C24H34N4O2/c1-17(2)22-14-23(28(4)19-10-6-5-7-11-19)27-24(26-22)18-9-8-12-21(13-18)30-16-20(29)15-25-3/h8-9,12-14,19-20,25,29H,1,5-7,10-11,15-16H2,2-4H3. The molecule has 0 amide bonds. The number of aliphatic hydroxyl groups is 1. The molecule has 1 aromatic heterocycles. The Hall–Kier alpha value is -2.44. The smallest absolute Gasteiger partial charge is 0.162 e. The minimum absolute atomic E-state index is 0.229. The molecular weight excluding hydrogens is 376 g/mol. The minimum Gasteiger partial charge on any atom is -0.491 e. The van der Waals surface area contributed by atoms with E-state index in [1.165, 1.54) is 32.1 Å². The fourth-order valence-electron chi connectivity index (χ4n) is 3.83. The summed E-state index contributed by atoms with van der Waals surface area (Å²) in [6.45, 7) is 6.78. The summed E-state index contributed by atoms with van der Waals surface area (Å²) in [7, 11) is 3.94. The lowest BCUT2D eigenvalue weighted by Crippen LogP contribution is -2.34. The summed E-state index contributed by atoms with van der Waals surface area (Å²) < 4.78 is 5.76. The predicted molar refractivity (Wildman–Crippen MR) is 123 cm³/mol. The van der Waals surface area contributed by atoms with E-state index in [4.69, 9.17) is 14.7 Å². The molecule has 162 valence electrons. The number of allylic oxidation sites excluding steroid dienone is 1. The van der Waals surface area contributed by atoms with Crippen LogP contribution < -0.4 is 15.0 Å². The van der Waals surface area contributed by atoms with Crippen LogP contribution in [0.2, 0.25) is 0 Å². The Morgan fingerprint density at radius 2 is 2.03 bits per heavy atom. The molecule has 6 nitrogen and oxygen atoms in total. The van der Waals surface area contributed by atoms with Gasteiger partial charge >= 0.3 is 0 Å². The summed E-state index contributed by atoms with van der Waals surface area (Å²) in [5, 5.41) is 12.8. The summed E-state index contributed by atoms with van der Waals surface area (Å²) in [4.78, 5) is 11.9. The fraction of sp³-hybridized carbons (Fsp3) is 0.500. The Balaban J connectivity index is 1.86. The van der Waals surface area contributed by atoms with E-state index in [2.05, 4.69) is 23.8 Å². The Morgan fingerprint density at radius 3 is 2.73 bits per heavy atom. The van der Waals surface area contributed by atoms with Gasteiger partial charge in [-0.2, -0.15) is 0 Å². The van der Waals surface area contributed by atoms with E-state index >= 15 is 0 Å². The van der Waals surface area contributed by atoms with Crippen molar-refractivity contribution < 1.29 is 9.84 Å². The molecule has 30 heavy (non-hydrogen) atoms. The highest BCUT2D eigenvalue weighted by atomic mass is 16.5. The van der Waals surface area contributed by atoms with Crippen LogP contribution >= 0.6 is 0 Å². The van der Waals surface area contributed by atoms with Crippen LogP contribution in [0.1, 0.15) is 44.7 Å². The zero-order chi connectivity index (χ0) is 21.5. The van der Waals surface area contributed by atoms with Gasteiger partial charge in [0.1, 0.15) is 24.3 Å². The second-order valence-corrected chi connectivity index (χ2v) is 8.17. The number of nitrogens with one attached hydrogen (secondary N) is 1. The summed E-state index contributed by atoms with van der Waals surface area (Å²) in [5.41, 5.74) is 2.66. The molecule has 1 unspecified atom stereocenters. The maximum absolute atomic E-state index is 9.89. The Kier molecular flexibility index (Phi) is 7.82. The van der Waals surface area contributed by atoms with Crippen molar-refractivity contribution in [1.82, 2.24) is 15.3 Å². The largest absolute Gasteiger partial charge is 0.491 e. The lowest BCUT2D eigenvalue weighted by atomic mass is 9.94. The number of hydrogen-bond donors (Lipinski definition) is 2. The van der Waals surface area contributed by atoms with Crippen LogP contribution in [0.3, 0.4) is 0 Å². The van der Waals surface area contributed by atoms with Crippen LogP contribution in [0.4, 0.5) is 5.82 Å². The average molecular weight is 411 g/mol. The van der Waals surface area contributed by atoms with Gasteiger partial charge in [0.25, 0.3) is 0 Å². The highest BCUT2D eigenvalue weighted by Crippen LogP contribution is 2.29. The van der Waals surface area contributed by atoms with Crippen LogP contribution in [0.5, 0.6) is 5.75 Å². The summed E-state index contributed by atoms with van der Waals surface area (Å²) in [6.07, 6.45) is 5.73. The predicted octanol–water partition coefficient (Wildman–Crippen LogP) is 3.90. The van der Waals surface area contributed by atoms with Gasteiger partial charge in [-0.05, 0) is 44.5 Å².